The van der Waals surface area contributed by atoms with Crippen LogP contribution in [0.25, 0.3) is 0 Å². The highest BCUT2D eigenvalue weighted by atomic mass is 32.2. The van der Waals surface area contributed by atoms with Crippen LogP contribution >= 0.6 is 0 Å². The smallest absolute Gasteiger partial charge is 0.425 e. The summed E-state index contributed by atoms with van der Waals surface area (Å²) in [7, 11) is -3.93. The van der Waals surface area contributed by atoms with Gasteiger partial charge in [-0.05, 0) is 5.56 Å². The first-order valence-corrected chi connectivity index (χ1v) is 6.34. The Morgan fingerprint density at radius 3 is 2.65 bits per heavy atom. The van der Waals surface area contributed by atoms with Crippen LogP contribution in [-0.4, -0.2) is 32.0 Å². The number of rotatable bonds is 2. The maximum absolute atomic E-state index is 11.5. The van der Waals surface area contributed by atoms with E-state index < -0.39 is 16.4 Å². The standard InChI is InChI=1S/C10H11NO5S/c12-10(11-6-7-16-17(11,13)14)15-8-9-4-2-1-3-5-9/h1-5H,6-8H2. The molecule has 1 aliphatic heterocycles. The molecule has 0 N–H and O–H groups in total. The molecule has 0 unspecified atom stereocenters. The molecule has 1 aromatic rings. The summed E-state index contributed by atoms with van der Waals surface area (Å²) >= 11 is 0. The summed E-state index contributed by atoms with van der Waals surface area (Å²) < 4.78 is 32.3. The summed E-state index contributed by atoms with van der Waals surface area (Å²) in [5, 5.41) is 0. The molecule has 1 heterocycles. The van der Waals surface area contributed by atoms with Crippen LogP contribution in [0.3, 0.4) is 0 Å². The van der Waals surface area contributed by atoms with E-state index in [1.165, 1.54) is 0 Å². The van der Waals surface area contributed by atoms with Crippen molar-refractivity contribution in [1.29, 1.82) is 0 Å². The minimum absolute atomic E-state index is 0.00401. The molecule has 0 saturated carbocycles. The van der Waals surface area contributed by atoms with Gasteiger partial charge in [0.1, 0.15) is 6.61 Å². The van der Waals surface area contributed by atoms with Crippen molar-refractivity contribution in [3.63, 3.8) is 0 Å². The first-order chi connectivity index (χ1) is 8.09. The van der Waals surface area contributed by atoms with Gasteiger partial charge in [0.05, 0.1) is 13.2 Å². The summed E-state index contributed by atoms with van der Waals surface area (Å²) in [6, 6.07) is 9.01. The molecule has 0 spiro atoms. The number of benzene rings is 1. The van der Waals surface area contributed by atoms with Crippen LogP contribution in [0.1, 0.15) is 5.56 Å². The number of hydrogen-bond donors (Lipinski definition) is 0. The molecule has 0 radical (unpaired) electrons. The number of hydrogen-bond acceptors (Lipinski definition) is 5. The van der Waals surface area contributed by atoms with E-state index in [0.717, 1.165) is 5.56 Å². The SMILES string of the molecule is O=C(OCc1ccccc1)N1CCOS1(=O)=O. The minimum Gasteiger partial charge on any atom is -0.444 e. The lowest BCUT2D eigenvalue weighted by molar-refractivity contribution is 0.121. The van der Waals surface area contributed by atoms with Crippen molar-refractivity contribution in [2.24, 2.45) is 0 Å². The van der Waals surface area contributed by atoms with Gasteiger partial charge in [-0.2, -0.15) is 12.7 Å². The van der Waals surface area contributed by atoms with E-state index in [9.17, 15) is 13.2 Å². The second-order valence-electron chi connectivity index (χ2n) is 3.39. The maximum atomic E-state index is 11.5. The molecule has 0 atom stereocenters. The Bertz CT molecular complexity index is 499. The van der Waals surface area contributed by atoms with Gasteiger partial charge in [0.2, 0.25) is 0 Å². The number of ether oxygens (including phenoxy) is 1. The number of carbonyl (C=O) groups excluding carboxylic acids is 1. The van der Waals surface area contributed by atoms with Crippen molar-refractivity contribution >= 4 is 16.4 Å². The molecule has 1 amide bonds. The van der Waals surface area contributed by atoms with Crippen LogP contribution in [0.5, 0.6) is 0 Å². The average molecular weight is 257 g/mol. The normalized spacial score (nSPS) is 18.0. The van der Waals surface area contributed by atoms with Gasteiger partial charge in [0.15, 0.2) is 0 Å². The van der Waals surface area contributed by atoms with Gasteiger partial charge >= 0.3 is 16.4 Å². The van der Waals surface area contributed by atoms with E-state index in [-0.39, 0.29) is 19.8 Å². The molecule has 7 heteroatoms. The Kier molecular flexibility index (Phi) is 3.30. The Balaban J connectivity index is 1.94. The number of carbonyl (C=O) groups is 1. The molecule has 2 rings (SSSR count). The molecule has 1 aliphatic rings. The van der Waals surface area contributed by atoms with E-state index in [2.05, 4.69) is 4.18 Å². The van der Waals surface area contributed by atoms with Crippen LogP contribution in [0.15, 0.2) is 30.3 Å². The predicted molar refractivity (Wildman–Crippen MR) is 58.2 cm³/mol. The lowest BCUT2D eigenvalue weighted by atomic mass is 10.2. The zero-order chi connectivity index (χ0) is 12.3. The van der Waals surface area contributed by atoms with Gasteiger partial charge in [-0.1, -0.05) is 30.3 Å². The Morgan fingerprint density at radius 2 is 2.06 bits per heavy atom. The monoisotopic (exact) mass is 257 g/mol. The second-order valence-corrected chi connectivity index (χ2v) is 4.92. The van der Waals surface area contributed by atoms with Crippen molar-refractivity contribution in [1.82, 2.24) is 4.31 Å². The van der Waals surface area contributed by atoms with Crippen molar-refractivity contribution in [2.45, 2.75) is 6.61 Å². The molecule has 1 fully saturated rings. The third-order valence-corrected chi connectivity index (χ3v) is 3.54. The summed E-state index contributed by atoms with van der Waals surface area (Å²) in [5.41, 5.74) is 0.790. The highest BCUT2D eigenvalue weighted by Crippen LogP contribution is 2.13. The van der Waals surface area contributed by atoms with Crippen LogP contribution in [0, 0.1) is 0 Å². The molecular weight excluding hydrogens is 246 g/mol. The zero-order valence-electron chi connectivity index (χ0n) is 8.90. The zero-order valence-corrected chi connectivity index (χ0v) is 9.72. The lowest BCUT2D eigenvalue weighted by Gasteiger charge is -2.12. The summed E-state index contributed by atoms with van der Waals surface area (Å²) in [4.78, 5) is 11.5. The Morgan fingerprint density at radius 1 is 1.35 bits per heavy atom. The van der Waals surface area contributed by atoms with Crippen LogP contribution in [0.2, 0.25) is 0 Å². The molecule has 0 aromatic heterocycles. The van der Waals surface area contributed by atoms with Crippen molar-refractivity contribution in [3.8, 4) is 0 Å². The Labute approximate surface area is 99.0 Å². The third kappa shape index (κ3) is 2.75. The van der Waals surface area contributed by atoms with E-state index in [0.29, 0.717) is 4.31 Å². The van der Waals surface area contributed by atoms with E-state index in [1.54, 1.807) is 24.3 Å². The van der Waals surface area contributed by atoms with Crippen LogP contribution in [-0.2, 0) is 25.8 Å². The van der Waals surface area contributed by atoms with Crippen molar-refractivity contribution in [3.05, 3.63) is 35.9 Å². The fraction of sp³-hybridized carbons (Fsp3) is 0.300. The molecule has 92 valence electrons. The lowest BCUT2D eigenvalue weighted by Crippen LogP contribution is -2.32. The van der Waals surface area contributed by atoms with E-state index in [4.69, 9.17) is 4.74 Å². The largest absolute Gasteiger partial charge is 0.444 e. The molecule has 1 saturated heterocycles. The number of nitrogens with zero attached hydrogens (tertiary/aromatic N) is 1. The third-order valence-electron chi connectivity index (χ3n) is 2.21. The molecule has 0 aliphatic carbocycles. The number of amides is 1. The van der Waals surface area contributed by atoms with Crippen molar-refractivity contribution in [2.75, 3.05) is 13.2 Å². The highest BCUT2D eigenvalue weighted by molar-refractivity contribution is 7.85. The second kappa shape index (κ2) is 4.72. The summed E-state index contributed by atoms with van der Waals surface area (Å²) in [6.07, 6.45) is -0.911. The molecule has 17 heavy (non-hydrogen) atoms. The highest BCUT2D eigenvalue weighted by Gasteiger charge is 2.35. The minimum atomic E-state index is -3.93. The average Bonchev–Trinajstić information content (AvgIpc) is 2.67. The van der Waals surface area contributed by atoms with Crippen molar-refractivity contribution < 1.29 is 22.1 Å². The molecular formula is C10H11NO5S. The molecule has 6 nitrogen and oxygen atoms in total. The fourth-order valence-electron chi connectivity index (χ4n) is 1.37. The Hall–Kier alpha value is -1.60. The van der Waals surface area contributed by atoms with Gasteiger partial charge in [0, 0.05) is 0 Å². The maximum Gasteiger partial charge on any atom is 0.425 e. The first-order valence-electron chi connectivity index (χ1n) is 4.97. The van der Waals surface area contributed by atoms with Gasteiger partial charge in [0.25, 0.3) is 0 Å². The topological polar surface area (TPSA) is 72.9 Å². The summed E-state index contributed by atoms with van der Waals surface area (Å²) in [5.74, 6) is 0. The molecule has 1 aromatic carbocycles. The van der Waals surface area contributed by atoms with E-state index >= 15 is 0 Å². The van der Waals surface area contributed by atoms with Crippen LogP contribution < -0.4 is 0 Å². The van der Waals surface area contributed by atoms with Gasteiger partial charge in [-0.3, -0.25) is 4.18 Å². The molecule has 0 bridgehead atoms. The quantitative estimate of drug-likeness (QED) is 0.787. The summed E-state index contributed by atoms with van der Waals surface area (Å²) in [6.45, 7) is 0.00438. The van der Waals surface area contributed by atoms with E-state index in [1.807, 2.05) is 6.07 Å². The fourth-order valence-corrected chi connectivity index (χ4v) is 2.32. The van der Waals surface area contributed by atoms with Gasteiger partial charge in [-0.15, -0.1) is 0 Å². The van der Waals surface area contributed by atoms with Gasteiger partial charge in [-0.25, -0.2) is 4.79 Å². The van der Waals surface area contributed by atoms with Crippen LogP contribution in [0.4, 0.5) is 4.79 Å². The van der Waals surface area contributed by atoms with Gasteiger partial charge < -0.3 is 4.74 Å². The predicted octanol–water partition coefficient (Wildman–Crippen LogP) is 0.900. The first kappa shape index (κ1) is 11.9.